The average molecular weight is 247 g/mol. The van der Waals surface area contributed by atoms with Crippen molar-refractivity contribution in [2.24, 2.45) is 0 Å². The van der Waals surface area contributed by atoms with Gasteiger partial charge in [-0.05, 0) is 37.5 Å². The third-order valence-corrected chi connectivity index (χ3v) is 3.40. The van der Waals surface area contributed by atoms with Gasteiger partial charge in [0.15, 0.2) is 0 Å². The van der Waals surface area contributed by atoms with E-state index in [1.807, 2.05) is 12.1 Å². The van der Waals surface area contributed by atoms with Gasteiger partial charge in [-0.2, -0.15) is 0 Å². The molecule has 1 N–H and O–H groups in total. The van der Waals surface area contributed by atoms with Crippen LogP contribution in [0, 0.1) is 0 Å². The molecule has 1 saturated heterocycles. The summed E-state index contributed by atoms with van der Waals surface area (Å²) in [6.07, 6.45) is 2.59. The Kier molecular flexibility index (Phi) is 3.65. The van der Waals surface area contributed by atoms with Crippen LogP contribution < -0.4 is 4.90 Å². The minimum atomic E-state index is -0.836. The maximum Gasteiger partial charge on any atom is 0.310 e. The molecule has 0 spiro atoms. The van der Waals surface area contributed by atoms with Gasteiger partial charge in [0.1, 0.15) is 0 Å². The number of hydrogen-bond donors (Lipinski definition) is 1. The minimum Gasteiger partial charge on any atom is -0.481 e. The topological polar surface area (TPSA) is 57.6 Å². The van der Waals surface area contributed by atoms with Crippen LogP contribution in [0.3, 0.4) is 0 Å². The summed E-state index contributed by atoms with van der Waals surface area (Å²) in [4.78, 5) is 24.4. The lowest BCUT2D eigenvalue weighted by molar-refractivity contribution is -0.138. The molecule has 1 aromatic rings. The summed E-state index contributed by atoms with van der Waals surface area (Å²) in [5, 5.41) is 8.93. The van der Waals surface area contributed by atoms with Crippen LogP contribution >= 0.6 is 0 Å². The van der Waals surface area contributed by atoms with Crippen molar-refractivity contribution in [3.05, 3.63) is 29.8 Å². The largest absolute Gasteiger partial charge is 0.481 e. The van der Waals surface area contributed by atoms with Crippen LogP contribution in [0.5, 0.6) is 0 Å². The van der Waals surface area contributed by atoms with Crippen LogP contribution in [-0.4, -0.2) is 23.5 Å². The highest BCUT2D eigenvalue weighted by Crippen LogP contribution is 2.23. The second-order valence-corrected chi connectivity index (χ2v) is 4.65. The number of amides is 1. The van der Waals surface area contributed by atoms with Gasteiger partial charge in [-0.3, -0.25) is 9.59 Å². The average Bonchev–Trinajstić information content (AvgIpc) is 2.38. The normalized spacial score (nSPS) is 17.6. The van der Waals surface area contributed by atoms with Gasteiger partial charge in [0.2, 0.25) is 5.91 Å². The van der Waals surface area contributed by atoms with E-state index in [0.717, 1.165) is 30.6 Å². The number of piperidine rings is 1. The Bertz CT molecular complexity index is 453. The van der Waals surface area contributed by atoms with Crippen LogP contribution in [0.25, 0.3) is 0 Å². The quantitative estimate of drug-likeness (QED) is 0.892. The zero-order valence-electron chi connectivity index (χ0n) is 10.4. The molecule has 18 heavy (non-hydrogen) atoms. The number of nitrogens with zero attached hydrogens (tertiary/aromatic N) is 1. The van der Waals surface area contributed by atoms with Crippen molar-refractivity contribution in [1.29, 1.82) is 0 Å². The van der Waals surface area contributed by atoms with Gasteiger partial charge in [0.05, 0.1) is 5.92 Å². The molecule has 4 nitrogen and oxygen atoms in total. The highest BCUT2D eigenvalue weighted by Gasteiger charge is 2.20. The Morgan fingerprint density at radius 2 is 1.94 bits per heavy atom. The maximum atomic E-state index is 11.8. The Hall–Kier alpha value is -1.84. The zero-order chi connectivity index (χ0) is 13.1. The summed E-state index contributed by atoms with van der Waals surface area (Å²) in [6, 6.07) is 7.24. The second kappa shape index (κ2) is 5.21. The van der Waals surface area contributed by atoms with Crippen LogP contribution in [0.4, 0.5) is 5.69 Å². The lowest BCUT2D eigenvalue weighted by Gasteiger charge is -2.27. The first-order valence-corrected chi connectivity index (χ1v) is 6.22. The molecule has 1 heterocycles. The van der Waals surface area contributed by atoms with E-state index in [1.165, 1.54) is 0 Å². The number of benzene rings is 1. The van der Waals surface area contributed by atoms with Crippen LogP contribution in [-0.2, 0) is 9.59 Å². The molecule has 2 rings (SSSR count). The summed E-state index contributed by atoms with van der Waals surface area (Å²) >= 11 is 0. The van der Waals surface area contributed by atoms with Crippen molar-refractivity contribution in [2.75, 3.05) is 11.4 Å². The molecular formula is C14H17NO3. The number of rotatable bonds is 3. The standard InChI is InChI=1S/C14H17NO3/c1-10(14(17)18)11-5-7-12(8-6-11)15-9-3-2-4-13(15)16/h5-8,10H,2-4,9H2,1H3,(H,17,18)/t10-/m1/s1. The first-order chi connectivity index (χ1) is 8.59. The second-order valence-electron chi connectivity index (χ2n) is 4.65. The van der Waals surface area contributed by atoms with Gasteiger partial charge in [0.25, 0.3) is 0 Å². The van der Waals surface area contributed by atoms with Crippen molar-refractivity contribution in [2.45, 2.75) is 32.1 Å². The molecular weight excluding hydrogens is 230 g/mol. The molecule has 1 fully saturated rings. The first-order valence-electron chi connectivity index (χ1n) is 6.22. The summed E-state index contributed by atoms with van der Waals surface area (Å²) in [5.41, 5.74) is 1.62. The number of hydrogen-bond acceptors (Lipinski definition) is 2. The van der Waals surface area contributed by atoms with E-state index >= 15 is 0 Å². The number of carboxylic acid groups (broad SMARTS) is 1. The number of carbonyl (C=O) groups is 2. The third-order valence-electron chi connectivity index (χ3n) is 3.40. The fraction of sp³-hybridized carbons (Fsp3) is 0.429. The van der Waals surface area contributed by atoms with Gasteiger partial charge in [0, 0.05) is 18.7 Å². The van der Waals surface area contributed by atoms with Gasteiger partial charge in [-0.25, -0.2) is 0 Å². The highest BCUT2D eigenvalue weighted by atomic mass is 16.4. The Labute approximate surface area is 106 Å². The van der Waals surface area contributed by atoms with Crippen molar-refractivity contribution >= 4 is 17.6 Å². The van der Waals surface area contributed by atoms with Crippen molar-refractivity contribution in [1.82, 2.24) is 0 Å². The Morgan fingerprint density at radius 1 is 1.28 bits per heavy atom. The minimum absolute atomic E-state index is 0.153. The predicted octanol–water partition coefficient (Wildman–Crippen LogP) is 2.39. The fourth-order valence-electron chi connectivity index (χ4n) is 2.16. The van der Waals surface area contributed by atoms with Crippen molar-refractivity contribution in [3.8, 4) is 0 Å². The smallest absolute Gasteiger partial charge is 0.310 e. The highest BCUT2D eigenvalue weighted by molar-refractivity contribution is 5.94. The molecule has 0 aromatic heterocycles. The molecule has 0 aliphatic carbocycles. The summed E-state index contributed by atoms with van der Waals surface area (Å²) in [5.74, 6) is -1.20. The predicted molar refractivity (Wildman–Crippen MR) is 68.7 cm³/mol. The summed E-state index contributed by atoms with van der Waals surface area (Å²) in [7, 11) is 0. The molecule has 1 amide bonds. The molecule has 0 saturated carbocycles. The molecule has 1 aromatic carbocycles. The Balaban J connectivity index is 2.16. The maximum absolute atomic E-state index is 11.8. The van der Waals surface area contributed by atoms with Gasteiger partial charge in [-0.15, -0.1) is 0 Å². The molecule has 96 valence electrons. The molecule has 0 radical (unpaired) electrons. The number of anilines is 1. The molecule has 4 heteroatoms. The van der Waals surface area contributed by atoms with Crippen LogP contribution in [0.2, 0.25) is 0 Å². The molecule has 0 bridgehead atoms. The van der Waals surface area contributed by atoms with E-state index in [-0.39, 0.29) is 5.91 Å². The van der Waals surface area contributed by atoms with E-state index in [2.05, 4.69) is 0 Å². The van der Waals surface area contributed by atoms with E-state index < -0.39 is 11.9 Å². The number of carbonyl (C=O) groups excluding carboxylic acids is 1. The summed E-state index contributed by atoms with van der Waals surface area (Å²) < 4.78 is 0. The molecule has 1 aliphatic rings. The molecule has 0 unspecified atom stereocenters. The lowest BCUT2D eigenvalue weighted by Crippen LogP contribution is -2.35. The summed E-state index contributed by atoms with van der Waals surface area (Å²) in [6.45, 7) is 2.41. The number of carboxylic acids is 1. The van der Waals surface area contributed by atoms with Gasteiger partial charge in [-0.1, -0.05) is 12.1 Å². The van der Waals surface area contributed by atoms with Crippen LogP contribution in [0.1, 0.15) is 37.7 Å². The first kappa shape index (κ1) is 12.6. The SMILES string of the molecule is C[C@@H](C(=O)O)c1ccc(N2CCCCC2=O)cc1. The van der Waals surface area contributed by atoms with Crippen LogP contribution in [0.15, 0.2) is 24.3 Å². The van der Waals surface area contributed by atoms with E-state index in [4.69, 9.17) is 5.11 Å². The molecule has 1 atom stereocenters. The van der Waals surface area contributed by atoms with Crippen molar-refractivity contribution in [3.63, 3.8) is 0 Å². The third kappa shape index (κ3) is 2.53. The van der Waals surface area contributed by atoms with E-state index in [9.17, 15) is 9.59 Å². The monoisotopic (exact) mass is 247 g/mol. The fourth-order valence-corrected chi connectivity index (χ4v) is 2.16. The van der Waals surface area contributed by atoms with E-state index in [1.54, 1.807) is 24.0 Å². The van der Waals surface area contributed by atoms with E-state index in [0.29, 0.717) is 6.42 Å². The lowest BCUT2D eigenvalue weighted by atomic mass is 10.0. The zero-order valence-corrected chi connectivity index (χ0v) is 10.4. The molecule has 1 aliphatic heterocycles. The van der Waals surface area contributed by atoms with Gasteiger partial charge >= 0.3 is 5.97 Å². The number of aliphatic carboxylic acids is 1. The Morgan fingerprint density at radius 3 is 2.50 bits per heavy atom. The van der Waals surface area contributed by atoms with Gasteiger partial charge < -0.3 is 10.0 Å². The van der Waals surface area contributed by atoms with Crippen molar-refractivity contribution < 1.29 is 14.7 Å².